The number of aromatic nitrogens is 2. The first kappa shape index (κ1) is 10.8. The van der Waals surface area contributed by atoms with E-state index >= 15 is 0 Å². The third-order valence-corrected chi connectivity index (χ3v) is 3.14. The zero-order valence-electron chi connectivity index (χ0n) is 9.41. The fraction of sp³-hybridized carbons (Fsp3) is 0.308. The van der Waals surface area contributed by atoms with Gasteiger partial charge in [-0.1, -0.05) is 23.7 Å². The number of benzene rings is 1. The molecule has 0 bridgehead atoms. The lowest BCUT2D eigenvalue weighted by molar-refractivity contribution is 0.672. The molecule has 0 saturated heterocycles. The first-order chi connectivity index (χ1) is 8.31. The first-order valence-electron chi connectivity index (χ1n) is 5.85. The van der Waals surface area contributed by atoms with Gasteiger partial charge in [0.25, 0.3) is 0 Å². The van der Waals surface area contributed by atoms with Gasteiger partial charge in [0.05, 0.1) is 5.69 Å². The highest BCUT2D eigenvalue weighted by Crippen LogP contribution is 2.22. The topological polar surface area (TPSA) is 40.7 Å². The van der Waals surface area contributed by atoms with Gasteiger partial charge in [-0.25, -0.2) is 0 Å². The maximum Gasteiger partial charge on any atom is 0.0924 e. The molecule has 0 atom stereocenters. The third-order valence-electron chi connectivity index (χ3n) is 2.91. The highest BCUT2D eigenvalue weighted by Gasteiger charge is 2.20. The molecule has 1 aliphatic rings. The van der Waals surface area contributed by atoms with E-state index in [1.807, 2.05) is 24.3 Å². The number of hydrogen-bond donors (Lipinski definition) is 2. The average Bonchev–Trinajstić information content (AvgIpc) is 3.04. The molecule has 0 aliphatic heterocycles. The lowest BCUT2D eigenvalue weighted by Gasteiger charge is -1.98. The van der Waals surface area contributed by atoms with Gasteiger partial charge >= 0.3 is 0 Å². The highest BCUT2D eigenvalue weighted by atomic mass is 35.5. The molecule has 1 fully saturated rings. The van der Waals surface area contributed by atoms with Crippen molar-refractivity contribution in [3.8, 4) is 11.3 Å². The van der Waals surface area contributed by atoms with Crippen LogP contribution in [-0.2, 0) is 6.54 Å². The van der Waals surface area contributed by atoms with E-state index < -0.39 is 0 Å². The molecule has 88 valence electrons. The summed E-state index contributed by atoms with van der Waals surface area (Å²) < 4.78 is 0. The van der Waals surface area contributed by atoms with Crippen LogP contribution in [0, 0.1) is 0 Å². The van der Waals surface area contributed by atoms with E-state index in [1.165, 1.54) is 12.8 Å². The lowest BCUT2D eigenvalue weighted by atomic mass is 10.1. The maximum atomic E-state index is 5.96. The highest BCUT2D eigenvalue weighted by molar-refractivity contribution is 6.30. The minimum atomic E-state index is 0.716. The van der Waals surface area contributed by atoms with Crippen molar-refractivity contribution in [1.82, 2.24) is 15.5 Å². The minimum absolute atomic E-state index is 0.716. The summed E-state index contributed by atoms with van der Waals surface area (Å²) in [6, 6.07) is 10.5. The second kappa shape index (κ2) is 4.51. The smallest absolute Gasteiger partial charge is 0.0924 e. The van der Waals surface area contributed by atoms with Crippen LogP contribution in [0.25, 0.3) is 11.3 Å². The number of rotatable bonds is 4. The number of hydrogen-bond acceptors (Lipinski definition) is 2. The van der Waals surface area contributed by atoms with Gasteiger partial charge in [0.2, 0.25) is 0 Å². The Hall–Kier alpha value is -1.32. The Kier molecular flexibility index (Phi) is 2.87. The second-order valence-electron chi connectivity index (χ2n) is 4.44. The molecule has 3 rings (SSSR count). The van der Waals surface area contributed by atoms with E-state index in [4.69, 9.17) is 11.6 Å². The molecule has 3 nitrogen and oxygen atoms in total. The van der Waals surface area contributed by atoms with Crippen LogP contribution >= 0.6 is 11.6 Å². The zero-order chi connectivity index (χ0) is 11.7. The zero-order valence-corrected chi connectivity index (χ0v) is 10.2. The van der Waals surface area contributed by atoms with Gasteiger partial charge in [-0.3, -0.25) is 5.10 Å². The van der Waals surface area contributed by atoms with Crippen molar-refractivity contribution in [3.63, 3.8) is 0 Å². The fourth-order valence-corrected chi connectivity index (χ4v) is 1.98. The molecule has 1 heterocycles. The molecule has 0 amide bonds. The Morgan fingerprint density at radius 3 is 3.00 bits per heavy atom. The number of aromatic amines is 1. The summed E-state index contributed by atoms with van der Waals surface area (Å²) in [7, 11) is 0. The van der Waals surface area contributed by atoms with Crippen LogP contribution in [0.2, 0.25) is 5.02 Å². The Labute approximate surface area is 105 Å². The summed E-state index contributed by atoms with van der Waals surface area (Å²) >= 11 is 5.96. The van der Waals surface area contributed by atoms with E-state index in [0.29, 0.717) is 6.04 Å². The first-order valence-corrected chi connectivity index (χ1v) is 6.23. The van der Waals surface area contributed by atoms with Crippen molar-refractivity contribution in [2.24, 2.45) is 0 Å². The van der Waals surface area contributed by atoms with Crippen molar-refractivity contribution in [3.05, 3.63) is 41.0 Å². The Bertz CT molecular complexity index is 517. The third kappa shape index (κ3) is 2.68. The Morgan fingerprint density at radius 1 is 1.35 bits per heavy atom. The Balaban J connectivity index is 1.74. The van der Waals surface area contributed by atoms with Gasteiger partial charge in [0, 0.05) is 28.9 Å². The van der Waals surface area contributed by atoms with Crippen molar-refractivity contribution in [2.45, 2.75) is 25.4 Å². The summed E-state index contributed by atoms with van der Waals surface area (Å²) in [5.41, 5.74) is 3.11. The van der Waals surface area contributed by atoms with Crippen LogP contribution < -0.4 is 5.32 Å². The van der Waals surface area contributed by atoms with Crippen LogP contribution in [0.4, 0.5) is 0 Å². The molecule has 0 spiro atoms. The fourth-order valence-electron chi connectivity index (χ4n) is 1.79. The molecule has 1 aromatic heterocycles. The summed E-state index contributed by atoms with van der Waals surface area (Å²) in [6.45, 7) is 0.859. The van der Waals surface area contributed by atoms with Gasteiger partial charge in [-0.2, -0.15) is 5.10 Å². The van der Waals surface area contributed by atoms with E-state index in [9.17, 15) is 0 Å². The molecule has 0 unspecified atom stereocenters. The standard InChI is InChI=1S/C13H14ClN3/c14-10-3-1-2-9(6-10)13-7-12(16-17-13)8-15-11-4-5-11/h1-3,6-7,11,15H,4-5,8H2,(H,16,17). The van der Waals surface area contributed by atoms with E-state index in [0.717, 1.165) is 28.5 Å². The molecule has 4 heteroatoms. The largest absolute Gasteiger partial charge is 0.308 e. The molecule has 17 heavy (non-hydrogen) atoms. The molecule has 1 aliphatic carbocycles. The van der Waals surface area contributed by atoms with Gasteiger partial charge < -0.3 is 5.32 Å². The summed E-state index contributed by atoms with van der Waals surface area (Å²) in [5.74, 6) is 0. The average molecular weight is 248 g/mol. The van der Waals surface area contributed by atoms with Crippen LogP contribution in [0.15, 0.2) is 30.3 Å². The normalized spacial score (nSPS) is 15.1. The number of H-pyrrole nitrogens is 1. The van der Waals surface area contributed by atoms with Crippen molar-refractivity contribution < 1.29 is 0 Å². The number of nitrogens with zero attached hydrogens (tertiary/aromatic N) is 1. The Morgan fingerprint density at radius 2 is 2.24 bits per heavy atom. The van der Waals surface area contributed by atoms with Crippen molar-refractivity contribution in [1.29, 1.82) is 0 Å². The molecule has 2 N–H and O–H groups in total. The molecule has 1 aromatic carbocycles. The number of halogens is 1. The SMILES string of the molecule is Clc1cccc(-c2cc(CNC3CC3)[nH]n2)c1. The van der Waals surface area contributed by atoms with Gasteiger partial charge in [-0.05, 0) is 31.0 Å². The van der Waals surface area contributed by atoms with Crippen LogP contribution in [-0.4, -0.2) is 16.2 Å². The minimum Gasteiger partial charge on any atom is -0.308 e. The maximum absolute atomic E-state index is 5.96. The van der Waals surface area contributed by atoms with Gasteiger partial charge in [-0.15, -0.1) is 0 Å². The van der Waals surface area contributed by atoms with E-state index in [-0.39, 0.29) is 0 Å². The summed E-state index contributed by atoms with van der Waals surface area (Å²) in [5, 5.41) is 11.5. The predicted molar refractivity (Wildman–Crippen MR) is 68.9 cm³/mol. The predicted octanol–water partition coefficient (Wildman–Crippen LogP) is 2.98. The van der Waals surface area contributed by atoms with Crippen LogP contribution in [0.5, 0.6) is 0 Å². The quantitative estimate of drug-likeness (QED) is 0.872. The molecular weight excluding hydrogens is 234 g/mol. The van der Waals surface area contributed by atoms with E-state index in [2.05, 4.69) is 21.6 Å². The summed E-state index contributed by atoms with van der Waals surface area (Å²) in [6.07, 6.45) is 2.60. The second-order valence-corrected chi connectivity index (χ2v) is 4.88. The molecule has 2 aromatic rings. The summed E-state index contributed by atoms with van der Waals surface area (Å²) in [4.78, 5) is 0. The molecule has 1 saturated carbocycles. The van der Waals surface area contributed by atoms with E-state index in [1.54, 1.807) is 0 Å². The van der Waals surface area contributed by atoms with Crippen molar-refractivity contribution in [2.75, 3.05) is 0 Å². The van der Waals surface area contributed by atoms with Gasteiger partial charge in [0.1, 0.15) is 0 Å². The van der Waals surface area contributed by atoms with Crippen molar-refractivity contribution >= 4 is 11.6 Å². The van der Waals surface area contributed by atoms with Gasteiger partial charge in [0.15, 0.2) is 0 Å². The molecular formula is C13H14ClN3. The van der Waals surface area contributed by atoms with Crippen LogP contribution in [0.1, 0.15) is 18.5 Å². The number of nitrogens with one attached hydrogen (secondary N) is 2. The molecule has 0 radical (unpaired) electrons. The van der Waals surface area contributed by atoms with Crippen LogP contribution in [0.3, 0.4) is 0 Å². The monoisotopic (exact) mass is 247 g/mol. The lowest BCUT2D eigenvalue weighted by Crippen LogP contribution is -2.15.